The average Bonchev–Trinajstić information content (AvgIpc) is 2.78. The molecule has 0 fully saturated rings. The van der Waals surface area contributed by atoms with E-state index in [9.17, 15) is 4.79 Å². The van der Waals surface area contributed by atoms with Crippen molar-refractivity contribution in [2.45, 2.75) is 16.9 Å². The predicted octanol–water partition coefficient (Wildman–Crippen LogP) is 4.52. The fraction of sp³-hybridized carbons (Fsp3) is 0.333. The number of benzene rings is 2. The van der Waals surface area contributed by atoms with Crippen molar-refractivity contribution in [3.63, 3.8) is 0 Å². The SMILES string of the molecule is CCOc1ccc(NC(=S)N[C@H](NC(=O)c2cc(OC)c(OC)c(OC)c2)C(Cl)(Cl)Cl)cc1. The zero-order valence-corrected chi connectivity index (χ0v) is 21.4. The van der Waals surface area contributed by atoms with E-state index >= 15 is 0 Å². The Morgan fingerprint density at radius 3 is 2.03 bits per heavy atom. The maximum absolute atomic E-state index is 12.9. The lowest BCUT2D eigenvalue weighted by molar-refractivity contribution is 0.0933. The summed E-state index contributed by atoms with van der Waals surface area (Å²) in [5.41, 5.74) is 0.867. The van der Waals surface area contributed by atoms with E-state index in [2.05, 4.69) is 16.0 Å². The summed E-state index contributed by atoms with van der Waals surface area (Å²) in [5.74, 6) is 1.09. The molecule has 0 saturated carbocycles. The molecule has 2 aromatic rings. The fourth-order valence-electron chi connectivity index (χ4n) is 2.73. The molecule has 0 aliphatic rings. The summed E-state index contributed by atoms with van der Waals surface area (Å²) in [6.45, 7) is 2.46. The van der Waals surface area contributed by atoms with Crippen molar-refractivity contribution in [1.29, 1.82) is 0 Å². The van der Waals surface area contributed by atoms with Gasteiger partial charge in [-0.25, -0.2) is 0 Å². The van der Waals surface area contributed by atoms with Crippen molar-refractivity contribution in [1.82, 2.24) is 10.6 Å². The molecule has 12 heteroatoms. The Bertz CT molecular complexity index is 946. The van der Waals surface area contributed by atoms with Crippen LogP contribution in [0.3, 0.4) is 0 Å². The first-order valence-electron chi connectivity index (χ1n) is 9.60. The van der Waals surface area contributed by atoms with Crippen LogP contribution in [0.4, 0.5) is 5.69 Å². The zero-order chi connectivity index (χ0) is 24.6. The Labute approximate surface area is 212 Å². The van der Waals surface area contributed by atoms with Crippen molar-refractivity contribution < 1.29 is 23.7 Å². The highest BCUT2D eigenvalue weighted by molar-refractivity contribution is 7.80. The number of methoxy groups -OCH3 is 3. The third-order valence-corrected chi connectivity index (χ3v) is 5.10. The fourth-order valence-corrected chi connectivity index (χ4v) is 3.29. The monoisotopic (exact) mass is 535 g/mol. The highest BCUT2D eigenvalue weighted by atomic mass is 35.6. The van der Waals surface area contributed by atoms with Crippen molar-refractivity contribution in [2.75, 3.05) is 33.3 Å². The summed E-state index contributed by atoms with van der Waals surface area (Å²) >= 11 is 23.5. The van der Waals surface area contributed by atoms with Crippen LogP contribution >= 0.6 is 47.0 Å². The third-order valence-electron chi connectivity index (χ3n) is 4.23. The molecule has 1 amide bonds. The minimum Gasteiger partial charge on any atom is -0.494 e. The van der Waals surface area contributed by atoms with Crippen LogP contribution in [-0.4, -0.2) is 48.9 Å². The molecule has 2 rings (SSSR count). The highest BCUT2D eigenvalue weighted by Gasteiger charge is 2.35. The number of alkyl halides is 3. The summed E-state index contributed by atoms with van der Waals surface area (Å²) in [6.07, 6.45) is -1.17. The largest absolute Gasteiger partial charge is 0.494 e. The molecule has 0 spiro atoms. The van der Waals surface area contributed by atoms with Gasteiger partial charge >= 0.3 is 0 Å². The molecular weight excluding hydrogens is 513 g/mol. The summed E-state index contributed by atoms with van der Waals surface area (Å²) in [6, 6.07) is 10.1. The normalized spacial score (nSPS) is 11.7. The second-order valence-corrected chi connectivity index (χ2v) is 9.20. The number of anilines is 1. The number of amides is 1. The van der Waals surface area contributed by atoms with Gasteiger partial charge in [-0.3, -0.25) is 4.79 Å². The van der Waals surface area contributed by atoms with Gasteiger partial charge in [0.2, 0.25) is 9.54 Å². The zero-order valence-electron chi connectivity index (χ0n) is 18.3. The maximum Gasteiger partial charge on any atom is 0.253 e. The molecule has 8 nitrogen and oxygen atoms in total. The number of nitrogens with one attached hydrogen (secondary N) is 3. The van der Waals surface area contributed by atoms with E-state index in [1.165, 1.54) is 33.5 Å². The van der Waals surface area contributed by atoms with Gasteiger partial charge in [-0.05, 0) is 55.5 Å². The molecule has 33 heavy (non-hydrogen) atoms. The molecule has 0 saturated heterocycles. The van der Waals surface area contributed by atoms with Crippen LogP contribution in [0, 0.1) is 0 Å². The molecule has 0 aliphatic carbocycles. The van der Waals surface area contributed by atoms with E-state index in [1.807, 2.05) is 6.92 Å². The molecule has 3 N–H and O–H groups in total. The topological polar surface area (TPSA) is 90.1 Å². The van der Waals surface area contributed by atoms with Crippen molar-refractivity contribution in [2.24, 2.45) is 0 Å². The van der Waals surface area contributed by atoms with Crippen LogP contribution < -0.4 is 34.9 Å². The van der Waals surface area contributed by atoms with E-state index in [4.69, 9.17) is 66.0 Å². The Morgan fingerprint density at radius 1 is 1.00 bits per heavy atom. The van der Waals surface area contributed by atoms with E-state index in [1.54, 1.807) is 24.3 Å². The lowest BCUT2D eigenvalue weighted by atomic mass is 10.1. The summed E-state index contributed by atoms with van der Waals surface area (Å²) < 4.78 is 19.3. The highest BCUT2D eigenvalue weighted by Crippen LogP contribution is 2.38. The van der Waals surface area contributed by atoms with E-state index in [0.29, 0.717) is 29.5 Å². The second kappa shape index (κ2) is 12.2. The van der Waals surface area contributed by atoms with Crippen molar-refractivity contribution in [3.8, 4) is 23.0 Å². The molecule has 0 heterocycles. The minimum absolute atomic E-state index is 0.126. The van der Waals surface area contributed by atoms with Crippen LogP contribution in [0.2, 0.25) is 0 Å². The Balaban J connectivity index is 2.16. The van der Waals surface area contributed by atoms with Crippen LogP contribution in [0.15, 0.2) is 36.4 Å². The molecule has 180 valence electrons. The summed E-state index contributed by atoms with van der Waals surface area (Å²) in [5, 5.41) is 8.50. The molecule has 0 unspecified atom stereocenters. The second-order valence-electron chi connectivity index (χ2n) is 6.42. The number of carbonyl (C=O) groups excluding carboxylic acids is 1. The van der Waals surface area contributed by atoms with Gasteiger partial charge in [0.15, 0.2) is 16.6 Å². The number of hydrogen-bond donors (Lipinski definition) is 3. The Hall–Kier alpha value is -2.33. The first kappa shape index (κ1) is 26.9. The number of thiocarbonyl (C=S) groups is 1. The van der Waals surface area contributed by atoms with Crippen LogP contribution in [0.1, 0.15) is 17.3 Å². The number of ether oxygens (including phenoxy) is 4. The van der Waals surface area contributed by atoms with Gasteiger partial charge in [0.1, 0.15) is 11.9 Å². The molecule has 0 radical (unpaired) electrons. The van der Waals surface area contributed by atoms with Crippen LogP contribution in [-0.2, 0) is 0 Å². The van der Waals surface area contributed by atoms with Crippen LogP contribution in [0.5, 0.6) is 23.0 Å². The quantitative estimate of drug-likeness (QED) is 0.245. The lowest BCUT2D eigenvalue weighted by Gasteiger charge is -2.28. The van der Waals surface area contributed by atoms with Crippen LogP contribution in [0.25, 0.3) is 0 Å². The summed E-state index contributed by atoms with van der Waals surface area (Å²) in [7, 11) is 4.34. The van der Waals surface area contributed by atoms with E-state index in [0.717, 1.165) is 5.75 Å². The van der Waals surface area contributed by atoms with Gasteiger partial charge in [-0.1, -0.05) is 34.8 Å². The minimum atomic E-state index is -1.93. The van der Waals surface area contributed by atoms with Gasteiger partial charge in [0.05, 0.1) is 27.9 Å². The first-order chi connectivity index (χ1) is 15.6. The smallest absolute Gasteiger partial charge is 0.253 e. The van der Waals surface area contributed by atoms with Gasteiger partial charge in [0, 0.05) is 11.3 Å². The van der Waals surface area contributed by atoms with E-state index < -0.39 is 15.9 Å². The summed E-state index contributed by atoms with van der Waals surface area (Å²) in [4.78, 5) is 12.9. The molecule has 1 atom stereocenters. The molecule has 0 aromatic heterocycles. The third kappa shape index (κ3) is 7.60. The molecule has 2 aromatic carbocycles. The number of rotatable bonds is 9. The maximum atomic E-state index is 12.9. The number of carbonyl (C=O) groups is 1. The Morgan fingerprint density at radius 2 is 1.58 bits per heavy atom. The van der Waals surface area contributed by atoms with Gasteiger partial charge in [0.25, 0.3) is 5.91 Å². The lowest BCUT2D eigenvalue weighted by Crippen LogP contribution is -2.56. The van der Waals surface area contributed by atoms with Crippen molar-refractivity contribution in [3.05, 3.63) is 42.0 Å². The standard InChI is InChI=1S/C21H24Cl3N3O5S/c1-5-32-14-8-6-13(7-9-14)25-20(33)27-19(21(22,23)24)26-18(28)12-10-15(29-2)17(31-4)16(11-12)30-3/h6-11,19H,5H2,1-4H3,(H,26,28)(H2,25,27,33)/t19-/m0/s1. The average molecular weight is 537 g/mol. The van der Waals surface area contributed by atoms with E-state index in [-0.39, 0.29) is 10.7 Å². The van der Waals surface area contributed by atoms with Gasteiger partial charge < -0.3 is 34.9 Å². The van der Waals surface area contributed by atoms with Crippen molar-refractivity contribution >= 4 is 63.7 Å². The number of halogens is 3. The van der Waals surface area contributed by atoms with Gasteiger partial charge in [-0.2, -0.15) is 0 Å². The Kier molecular flexibility index (Phi) is 9.97. The number of hydrogen-bond acceptors (Lipinski definition) is 6. The predicted molar refractivity (Wildman–Crippen MR) is 135 cm³/mol. The molecule has 0 aliphatic heterocycles. The first-order valence-corrected chi connectivity index (χ1v) is 11.1. The van der Waals surface area contributed by atoms with Gasteiger partial charge in [-0.15, -0.1) is 0 Å². The molecular formula is C21H24Cl3N3O5S. The molecule has 0 bridgehead atoms.